The molecule has 0 saturated carbocycles. The molecule has 5 heteroatoms. The minimum absolute atomic E-state index is 0.242. The molecule has 0 bridgehead atoms. The number of anilines is 1. The van der Waals surface area contributed by atoms with E-state index in [1.807, 2.05) is 51.1 Å². The van der Waals surface area contributed by atoms with Gasteiger partial charge in [0.2, 0.25) is 0 Å². The highest BCUT2D eigenvalue weighted by Gasteiger charge is 2.18. The number of carbonyl (C=O) groups excluding carboxylic acids is 1. The normalized spacial score (nSPS) is 11.1. The van der Waals surface area contributed by atoms with Gasteiger partial charge in [-0.05, 0) is 38.5 Å². The third-order valence-electron chi connectivity index (χ3n) is 2.90. The van der Waals surface area contributed by atoms with E-state index in [0.717, 1.165) is 11.1 Å². The van der Waals surface area contributed by atoms with E-state index in [1.165, 1.54) is 0 Å². The van der Waals surface area contributed by atoms with Gasteiger partial charge in [0.25, 0.3) is 0 Å². The predicted molar refractivity (Wildman–Crippen MR) is 90.2 cm³/mol. The SMILES string of the molecule is CC(C)(C)NC(=O)Oc1ccc(-c2ccccc2)c(Cl)c1N. The van der Waals surface area contributed by atoms with Gasteiger partial charge >= 0.3 is 6.09 Å². The van der Waals surface area contributed by atoms with Crippen LogP contribution in [0.25, 0.3) is 11.1 Å². The zero-order valence-electron chi connectivity index (χ0n) is 12.8. The number of nitrogen functional groups attached to an aromatic ring is 1. The molecule has 2 aromatic rings. The second-order valence-corrected chi connectivity index (χ2v) is 6.35. The summed E-state index contributed by atoms with van der Waals surface area (Å²) in [6, 6.07) is 13.1. The van der Waals surface area contributed by atoms with E-state index >= 15 is 0 Å². The molecule has 4 nitrogen and oxygen atoms in total. The predicted octanol–water partition coefficient (Wildman–Crippen LogP) is 4.48. The molecular weight excluding hydrogens is 300 g/mol. The van der Waals surface area contributed by atoms with Crippen molar-refractivity contribution in [3.63, 3.8) is 0 Å². The molecule has 0 spiro atoms. The van der Waals surface area contributed by atoms with E-state index in [-0.39, 0.29) is 17.0 Å². The average molecular weight is 319 g/mol. The fourth-order valence-electron chi connectivity index (χ4n) is 1.94. The molecule has 0 radical (unpaired) electrons. The van der Waals surface area contributed by atoms with Crippen LogP contribution in [-0.4, -0.2) is 11.6 Å². The molecule has 0 aliphatic carbocycles. The maximum absolute atomic E-state index is 11.8. The third-order valence-corrected chi connectivity index (χ3v) is 3.31. The quantitative estimate of drug-likeness (QED) is 0.803. The number of carbonyl (C=O) groups is 1. The third kappa shape index (κ3) is 3.92. The van der Waals surface area contributed by atoms with Crippen molar-refractivity contribution < 1.29 is 9.53 Å². The molecule has 1 amide bonds. The lowest BCUT2D eigenvalue weighted by molar-refractivity contribution is 0.191. The second-order valence-electron chi connectivity index (χ2n) is 5.97. The Morgan fingerprint density at radius 1 is 1.14 bits per heavy atom. The molecule has 0 heterocycles. The highest BCUT2D eigenvalue weighted by Crippen LogP contribution is 2.38. The van der Waals surface area contributed by atoms with Crippen LogP contribution < -0.4 is 15.8 Å². The first-order valence-corrected chi connectivity index (χ1v) is 7.29. The topological polar surface area (TPSA) is 64.3 Å². The van der Waals surface area contributed by atoms with Crippen molar-refractivity contribution in [2.45, 2.75) is 26.3 Å². The highest BCUT2D eigenvalue weighted by atomic mass is 35.5. The molecule has 0 unspecified atom stereocenters. The van der Waals surface area contributed by atoms with Gasteiger partial charge < -0.3 is 15.8 Å². The number of amides is 1. The maximum atomic E-state index is 11.8. The van der Waals surface area contributed by atoms with Gasteiger partial charge in [-0.3, -0.25) is 0 Å². The van der Waals surface area contributed by atoms with E-state index in [0.29, 0.717) is 5.02 Å². The first-order chi connectivity index (χ1) is 10.3. The largest absolute Gasteiger partial charge is 0.413 e. The minimum atomic E-state index is -0.567. The van der Waals surface area contributed by atoms with Crippen LogP contribution in [-0.2, 0) is 0 Å². The molecule has 116 valence electrons. The van der Waals surface area contributed by atoms with Crippen LogP contribution >= 0.6 is 11.6 Å². The van der Waals surface area contributed by atoms with Crippen LogP contribution in [0.1, 0.15) is 20.8 Å². The molecular formula is C17H19ClN2O2. The van der Waals surface area contributed by atoms with Gasteiger partial charge in [-0.1, -0.05) is 41.9 Å². The molecule has 0 aliphatic rings. The Morgan fingerprint density at radius 2 is 1.77 bits per heavy atom. The van der Waals surface area contributed by atoms with E-state index in [1.54, 1.807) is 12.1 Å². The summed E-state index contributed by atoms with van der Waals surface area (Å²) in [5, 5.41) is 3.07. The van der Waals surface area contributed by atoms with Gasteiger partial charge in [-0.2, -0.15) is 0 Å². The Kier molecular flexibility index (Phi) is 4.62. The van der Waals surface area contributed by atoms with E-state index < -0.39 is 6.09 Å². The molecule has 0 fully saturated rings. The standard InChI is InChI=1S/C17H19ClN2O2/c1-17(2,3)20-16(21)22-13-10-9-12(14(18)15(13)19)11-7-5-4-6-8-11/h4-10H,19H2,1-3H3,(H,20,21). The summed E-state index contributed by atoms with van der Waals surface area (Å²) >= 11 is 6.31. The highest BCUT2D eigenvalue weighted by molar-refractivity contribution is 6.36. The van der Waals surface area contributed by atoms with Gasteiger partial charge in [0.05, 0.1) is 10.7 Å². The molecule has 0 aliphatic heterocycles. The van der Waals surface area contributed by atoms with Gasteiger partial charge in [0.1, 0.15) is 0 Å². The number of nitrogens with two attached hydrogens (primary N) is 1. The van der Waals surface area contributed by atoms with Crippen molar-refractivity contribution in [1.29, 1.82) is 0 Å². The van der Waals surface area contributed by atoms with Crippen molar-refractivity contribution in [1.82, 2.24) is 5.32 Å². The summed E-state index contributed by atoms with van der Waals surface area (Å²) in [7, 11) is 0. The summed E-state index contributed by atoms with van der Waals surface area (Å²) in [6.07, 6.45) is -0.567. The van der Waals surface area contributed by atoms with Crippen molar-refractivity contribution in [3.8, 4) is 16.9 Å². The monoisotopic (exact) mass is 318 g/mol. The number of rotatable bonds is 2. The van der Waals surface area contributed by atoms with Crippen LogP contribution in [0.3, 0.4) is 0 Å². The maximum Gasteiger partial charge on any atom is 0.413 e. The van der Waals surface area contributed by atoms with Crippen molar-refractivity contribution in [2.75, 3.05) is 5.73 Å². The number of benzene rings is 2. The Bertz CT molecular complexity index is 679. The summed E-state index contributed by atoms with van der Waals surface area (Å²) in [4.78, 5) is 11.8. The van der Waals surface area contributed by atoms with Crippen molar-refractivity contribution >= 4 is 23.4 Å². The van der Waals surface area contributed by atoms with Crippen molar-refractivity contribution in [3.05, 3.63) is 47.5 Å². The van der Waals surface area contributed by atoms with Crippen molar-refractivity contribution in [2.24, 2.45) is 0 Å². The summed E-state index contributed by atoms with van der Waals surface area (Å²) in [5.41, 5.74) is 7.59. The Hall–Kier alpha value is -2.20. The first kappa shape index (κ1) is 16.2. The number of halogens is 1. The van der Waals surface area contributed by atoms with Gasteiger partial charge in [0, 0.05) is 11.1 Å². The lowest BCUT2D eigenvalue weighted by Gasteiger charge is -2.20. The van der Waals surface area contributed by atoms with Gasteiger partial charge in [-0.25, -0.2) is 4.79 Å². The summed E-state index contributed by atoms with van der Waals surface area (Å²) in [5.74, 6) is 0.242. The minimum Gasteiger partial charge on any atom is -0.408 e. The second kappa shape index (κ2) is 6.28. The van der Waals surface area contributed by atoms with E-state index in [4.69, 9.17) is 22.1 Å². The Labute approximate surface area is 135 Å². The Morgan fingerprint density at radius 3 is 2.36 bits per heavy atom. The number of hydrogen-bond donors (Lipinski definition) is 2. The molecule has 22 heavy (non-hydrogen) atoms. The molecule has 2 rings (SSSR count). The lowest BCUT2D eigenvalue weighted by Crippen LogP contribution is -2.42. The van der Waals surface area contributed by atoms with Crippen LogP contribution in [0.5, 0.6) is 5.75 Å². The first-order valence-electron chi connectivity index (χ1n) is 6.91. The summed E-state index contributed by atoms with van der Waals surface area (Å²) in [6.45, 7) is 5.59. The van der Waals surface area contributed by atoms with Gasteiger partial charge in [-0.15, -0.1) is 0 Å². The van der Waals surface area contributed by atoms with Crippen LogP contribution in [0.15, 0.2) is 42.5 Å². The number of hydrogen-bond acceptors (Lipinski definition) is 3. The molecule has 2 aromatic carbocycles. The molecule has 3 N–H and O–H groups in total. The smallest absolute Gasteiger partial charge is 0.408 e. The molecule has 0 aromatic heterocycles. The average Bonchev–Trinajstić information content (AvgIpc) is 2.43. The zero-order chi connectivity index (χ0) is 16.3. The van der Waals surface area contributed by atoms with Gasteiger partial charge in [0.15, 0.2) is 5.75 Å². The number of ether oxygens (including phenoxy) is 1. The van der Waals surface area contributed by atoms with Crippen LogP contribution in [0.4, 0.5) is 10.5 Å². The molecule has 0 saturated heterocycles. The summed E-state index contributed by atoms with van der Waals surface area (Å²) < 4.78 is 5.23. The van der Waals surface area contributed by atoms with Crippen LogP contribution in [0, 0.1) is 0 Å². The van der Waals surface area contributed by atoms with E-state index in [9.17, 15) is 4.79 Å². The fourth-order valence-corrected chi connectivity index (χ4v) is 2.20. The van der Waals surface area contributed by atoms with Crippen LogP contribution in [0.2, 0.25) is 5.02 Å². The Balaban J connectivity index is 2.26. The lowest BCUT2D eigenvalue weighted by atomic mass is 10.0. The zero-order valence-corrected chi connectivity index (χ0v) is 13.6. The fraction of sp³-hybridized carbons (Fsp3) is 0.235. The molecule has 0 atom stereocenters. The number of nitrogens with one attached hydrogen (secondary N) is 1. The van der Waals surface area contributed by atoms with E-state index in [2.05, 4.69) is 5.32 Å².